The molecule has 0 aliphatic rings. The lowest BCUT2D eigenvalue weighted by molar-refractivity contribution is -0.144. The van der Waals surface area contributed by atoms with Crippen molar-refractivity contribution in [2.75, 3.05) is 7.11 Å². The Hall–Kier alpha value is -4.46. The molecule has 0 unspecified atom stereocenters. The smallest absolute Gasteiger partial charge is 0.344 e. The summed E-state index contributed by atoms with van der Waals surface area (Å²) in [5.41, 5.74) is 3.71. The van der Waals surface area contributed by atoms with Crippen molar-refractivity contribution in [2.24, 2.45) is 5.10 Å². The van der Waals surface area contributed by atoms with Crippen LogP contribution in [-0.2, 0) is 4.79 Å². The second-order valence-electron chi connectivity index (χ2n) is 9.05. The van der Waals surface area contributed by atoms with Gasteiger partial charge in [-0.2, -0.15) is 9.78 Å². The number of rotatable bonds is 8. The molecule has 0 spiro atoms. The van der Waals surface area contributed by atoms with Gasteiger partial charge in [0.2, 0.25) is 0 Å². The fourth-order valence-electron chi connectivity index (χ4n) is 3.98. The lowest BCUT2D eigenvalue weighted by Gasteiger charge is -2.17. The van der Waals surface area contributed by atoms with E-state index in [1.807, 2.05) is 31.2 Å². The molecule has 1 N–H and O–H groups in total. The fraction of sp³-hybridized carbons (Fsp3) is 0.241. The average molecular weight is 500 g/mol. The zero-order valence-corrected chi connectivity index (χ0v) is 21.4. The van der Waals surface area contributed by atoms with Crippen LogP contribution in [0.1, 0.15) is 43.4 Å². The Labute approximate surface area is 214 Å². The highest BCUT2D eigenvalue weighted by molar-refractivity contribution is 5.82. The van der Waals surface area contributed by atoms with E-state index < -0.39 is 12.1 Å². The predicted octanol–water partition coefficient (Wildman–Crippen LogP) is 5.24. The van der Waals surface area contributed by atoms with Crippen LogP contribution in [0.25, 0.3) is 22.3 Å². The van der Waals surface area contributed by atoms with Crippen LogP contribution in [0.5, 0.6) is 11.5 Å². The Kier molecular flexibility index (Phi) is 7.38. The molecule has 0 fully saturated rings. The maximum Gasteiger partial charge on any atom is 0.344 e. The lowest BCUT2D eigenvalue weighted by Crippen LogP contribution is -2.22. The van der Waals surface area contributed by atoms with Crippen LogP contribution in [0.2, 0.25) is 0 Å². The highest BCUT2D eigenvalue weighted by Gasteiger charge is 2.18. The van der Waals surface area contributed by atoms with Crippen molar-refractivity contribution in [1.82, 2.24) is 9.66 Å². The Morgan fingerprint density at radius 1 is 1.08 bits per heavy atom. The summed E-state index contributed by atoms with van der Waals surface area (Å²) in [4.78, 5) is 29.4. The molecule has 8 heteroatoms. The molecule has 3 aromatic carbocycles. The molecule has 1 heterocycles. The van der Waals surface area contributed by atoms with Gasteiger partial charge in [0.15, 0.2) is 11.9 Å². The molecule has 1 atom stereocenters. The van der Waals surface area contributed by atoms with E-state index in [2.05, 4.69) is 18.9 Å². The first-order chi connectivity index (χ1) is 17.7. The van der Waals surface area contributed by atoms with Crippen molar-refractivity contribution >= 4 is 23.1 Å². The second kappa shape index (κ2) is 10.7. The van der Waals surface area contributed by atoms with Crippen molar-refractivity contribution < 1.29 is 19.4 Å². The van der Waals surface area contributed by atoms with E-state index in [-0.39, 0.29) is 11.5 Å². The van der Waals surface area contributed by atoms with Gasteiger partial charge in [0.1, 0.15) is 11.5 Å². The van der Waals surface area contributed by atoms with E-state index in [1.165, 1.54) is 11.6 Å². The van der Waals surface area contributed by atoms with E-state index in [4.69, 9.17) is 19.6 Å². The standard InChI is InChI=1S/C29H29N3O5/c1-17(2)23-15-24(18(3)14-26(23)36-5)27-31-25-9-7-6-8-22(25)28(33)32(27)30-16-20-10-12-21(13-11-20)37-19(4)29(34)35/h6-17,19H,1-5H3,(H,34,35)/t19-/m0/s1. The van der Waals surface area contributed by atoms with Crippen LogP contribution < -0.4 is 15.0 Å². The maximum absolute atomic E-state index is 13.5. The van der Waals surface area contributed by atoms with Gasteiger partial charge in [-0.3, -0.25) is 4.79 Å². The van der Waals surface area contributed by atoms with Gasteiger partial charge in [-0.05, 0) is 85.0 Å². The van der Waals surface area contributed by atoms with Gasteiger partial charge < -0.3 is 14.6 Å². The number of ether oxygens (including phenoxy) is 2. The molecular formula is C29H29N3O5. The summed E-state index contributed by atoms with van der Waals surface area (Å²) in [5, 5.41) is 14.0. The van der Waals surface area contributed by atoms with Crippen molar-refractivity contribution in [3.63, 3.8) is 0 Å². The number of aliphatic carboxylic acids is 1. The summed E-state index contributed by atoms with van der Waals surface area (Å²) < 4.78 is 12.3. The summed E-state index contributed by atoms with van der Waals surface area (Å²) in [7, 11) is 1.65. The topological polar surface area (TPSA) is 103 Å². The summed E-state index contributed by atoms with van der Waals surface area (Å²) in [6.07, 6.45) is 0.598. The fourth-order valence-corrected chi connectivity index (χ4v) is 3.98. The Bertz CT molecular complexity index is 1540. The summed E-state index contributed by atoms with van der Waals surface area (Å²) >= 11 is 0. The zero-order valence-electron chi connectivity index (χ0n) is 21.4. The molecule has 0 aliphatic carbocycles. The third-order valence-electron chi connectivity index (χ3n) is 6.06. The molecule has 0 saturated heterocycles. The molecule has 37 heavy (non-hydrogen) atoms. The van der Waals surface area contributed by atoms with Crippen LogP contribution in [-0.4, -0.2) is 40.2 Å². The highest BCUT2D eigenvalue weighted by atomic mass is 16.5. The summed E-state index contributed by atoms with van der Waals surface area (Å²) in [5.74, 6) is 0.789. The number of carboxylic acids is 1. The number of fused-ring (bicyclic) bond motifs is 1. The molecule has 0 saturated carbocycles. The molecule has 0 amide bonds. The van der Waals surface area contributed by atoms with Crippen LogP contribution >= 0.6 is 0 Å². The van der Waals surface area contributed by atoms with E-state index in [1.54, 1.807) is 49.7 Å². The minimum Gasteiger partial charge on any atom is -0.496 e. The lowest BCUT2D eigenvalue weighted by atomic mass is 9.96. The van der Waals surface area contributed by atoms with Crippen molar-refractivity contribution in [1.29, 1.82) is 0 Å². The van der Waals surface area contributed by atoms with Crippen LogP contribution in [0, 0.1) is 6.92 Å². The number of para-hydroxylation sites is 1. The van der Waals surface area contributed by atoms with Gasteiger partial charge in [-0.15, -0.1) is 0 Å². The van der Waals surface area contributed by atoms with E-state index >= 15 is 0 Å². The van der Waals surface area contributed by atoms with Gasteiger partial charge >= 0.3 is 5.97 Å². The van der Waals surface area contributed by atoms with Crippen molar-refractivity contribution in [2.45, 2.75) is 39.7 Å². The molecule has 190 valence electrons. The number of nitrogens with zero attached hydrogens (tertiary/aromatic N) is 3. The molecule has 1 aromatic heterocycles. The number of methoxy groups -OCH3 is 1. The normalized spacial score (nSPS) is 12.3. The summed E-state index contributed by atoms with van der Waals surface area (Å²) in [6, 6.07) is 18.0. The number of hydrogen-bond acceptors (Lipinski definition) is 6. The van der Waals surface area contributed by atoms with Crippen molar-refractivity contribution in [3.05, 3.63) is 87.7 Å². The minimum atomic E-state index is -1.05. The molecular weight excluding hydrogens is 470 g/mol. The van der Waals surface area contributed by atoms with E-state index in [0.29, 0.717) is 28.0 Å². The largest absolute Gasteiger partial charge is 0.496 e. The van der Waals surface area contributed by atoms with E-state index in [0.717, 1.165) is 22.4 Å². The minimum absolute atomic E-state index is 0.197. The Balaban J connectivity index is 1.83. The molecule has 8 nitrogen and oxygen atoms in total. The molecule has 0 radical (unpaired) electrons. The zero-order chi connectivity index (χ0) is 26.7. The molecule has 0 aliphatic heterocycles. The number of aromatic nitrogens is 2. The first kappa shape index (κ1) is 25.6. The SMILES string of the molecule is COc1cc(C)c(-c2nc3ccccc3c(=O)n2N=Cc2ccc(O[C@@H](C)C(=O)O)cc2)cc1C(C)C. The average Bonchev–Trinajstić information content (AvgIpc) is 2.88. The van der Waals surface area contributed by atoms with Crippen LogP contribution in [0.3, 0.4) is 0 Å². The predicted molar refractivity (Wildman–Crippen MR) is 144 cm³/mol. The number of aryl methyl sites for hydroxylation is 1. The van der Waals surface area contributed by atoms with Gasteiger partial charge in [-0.1, -0.05) is 26.0 Å². The van der Waals surface area contributed by atoms with Crippen LogP contribution in [0.15, 0.2) is 70.6 Å². The third-order valence-corrected chi connectivity index (χ3v) is 6.06. The maximum atomic E-state index is 13.5. The molecule has 4 aromatic rings. The summed E-state index contributed by atoms with van der Waals surface area (Å²) in [6.45, 7) is 7.58. The first-order valence-corrected chi connectivity index (χ1v) is 11.9. The third kappa shape index (κ3) is 5.38. The monoisotopic (exact) mass is 499 g/mol. The molecule has 4 rings (SSSR count). The first-order valence-electron chi connectivity index (χ1n) is 11.9. The number of carbonyl (C=O) groups is 1. The van der Waals surface area contributed by atoms with Gasteiger partial charge in [0.05, 0.1) is 24.2 Å². The van der Waals surface area contributed by atoms with Crippen molar-refractivity contribution in [3.8, 4) is 22.9 Å². The second-order valence-corrected chi connectivity index (χ2v) is 9.05. The quantitative estimate of drug-likeness (QED) is 0.333. The number of carboxylic acid groups (broad SMARTS) is 1. The van der Waals surface area contributed by atoms with Gasteiger partial charge in [0.25, 0.3) is 5.56 Å². The van der Waals surface area contributed by atoms with Gasteiger partial charge in [0, 0.05) is 5.56 Å². The van der Waals surface area contributed by atoms with E-state index in [9.17, 15) is 9.59 Å². The van der Waals surface area contributed by atoms with Crippen LogP contribution in [0.4, 0.5) is 0 Å². The van der Waals surface area contributed by atoms with Gasteiger partial charge in [-0.25, -0.2) is 9.78 Å². The number of hydrogen-bond donors (Lipinski definition) is 1. The molecule has 0 bridgehead atoms. The number of benzene rings is 3. The Morgan fingerprint density at radius 3 is 2.43 bits per heavy atom. The Morgan fingerprint density at radius 2 is 1.78 bits per heavy atom. The highest BCUT2D eigenvalue weighted by Crippen LogP contribution is 2.34.